The van der Waals surface area contributed by atoms with Gasteiger partial charge >= 0.3 is 0 Å². The van der Waals surface area contributed by atoms with Crippen molar-refractivity contribution in [2.45, 2.75) is 51.5 Å². The van der Waals surface area contributed by atoms with Crippen molar-refractivity contribution in [2.24, 2.45) is 0 Å². The monoisotopic (exact) mass is 368 g/mol. The van der Waals surface area contributed by atoms with Gasteiger partial charge in [0.25, 0.3) is 0 Å². The molecule has 3 rings (SSSR count). The van der Waals surface area contributed by atoms with E-state index in [2.05, 4.69) is 49.7 Å². The lowest BCUT2D eigenvalue weighted by molar-refractivity contribution is -0.122. The number of H-pyrrole nitrogens is 1. The third kappa shape index (κ3) is 5.47. The molecule has 142 valence electrons. The number of nitrogens with one attached hydrogen (secondary N) is 2. The summed E-state index contributed by atoms with van der Waals surface area (Å²) in [6, 6.07) is 10.1. The number of unbranched alkanes of at least 4 members (excludes halogenated alkanes) is 2. The molecule has 0 aliphatic carbocycles. The maximum absolute atomic E-state index is 12.4. The number of rotatable bonds is 10. The number of aryl methyl sites for hydroxylation is 1. The van der Waals surface area contributed by atoms with Crippen molar-refractivity contribution in [3.8, 4) is 11.6 Å². The molecule has 0 bridgehead atoms. The first-order valence-corrected chi connectivity index (χ1v) is 9.29. The molecule has 8 nitrogen and oxygen atoms in total. The van der Waals surface area contributed by atoms with Crippen molar-refractivity contribution in [2.75, 3.05) is 0 Å². The van der Waals surface area contributed by atoms with Crippen LogP contribution in [0.4, 0.5) is 0 Å². The second kappa shape index (κ2) is 9.61. The zero-order valence-electron chi connectivity index (χ0n) is 15.4. The molecule has 0 aliphatic heterocycles. The molecule has 8 heteroatoms. The second-order valence-electron chi connectivity index (χ2n) is 6.37. The molecule has 0 saturated heterocycles. The Bertz CT molecular complexity index is 816. The van der Waals surface area contributed by atoms with Crippen LogP contribution in [0.1, 0.15) is 56.5 Å². The van der Waals surface area contributed by atoms with Crippen molar-refractivity contribution in [3.63, 3.8) is 0 Å². The smallest absolute Gasteiger partial charge is 0.239 e. The van der Waals surface area contributed by atoms with Gasteiger partial charge in [-0.05, 0) is 12.0 Å². The Morgan fingerprint density at radius 1 is 1.26 bits per heavy atom. The molecule has 0 spiro atoms. The first kappa shape index (κ1) is 18.8. The van der Waals surface area contributed by atoms with Crippen LogP contribution in [0.2, 0.25) is 0 Å². The van der Waals surface area contributed by atoms with E-state index in [4.69, 9.17) is 4.52 Å². The fourth-order valence-corrected chi connectivity index (χ4v) is 2.86. The molecule has 3 aromatic rings. The van der Waals surface area contributed by atoms with Gasteiger partial charge in [0, 0.05) is 12.8 Å². The molecule has 1 aromatic carbocycles. The molecule has 0 saturated carbocycles. The van der Waals surface area contributed by atoms with E-state index in [1.165, 1.54) is 6.33 Å². The third-order valence-corrected chi connectivity index (χ3v) is 4.29. The number of aromatic nitrogens is 5. The van der Waals surface area contributed by atoms with Gasteiger partial charge in [-0.3, -0.25) is 9.89 Å². The van der Waals surface area contributed by atoms with Crippen LogP contribution in [0.15, 0.2) is 41.2 Å². The molecule has 27 heavy (non-hydrogen) atoms. The second-order valence-corrected chi connectivity index (χ2v) is 6.37. The predicted octanol–water partition coefficient (Wildman–Crippen LogP) is 3.23. The summed E-state index contributed by atoms with van der Waals surface area (Å²) in [6.45, 7) is 2.17. The number of amides is 1. The molecule has 2 N–H and O–H groups in total. The van der Waals surface area contributed by atoms with E-state index in [0.29, 0.717) is 24.0 Å². The molecular formula is C19H24N6O2. The summed E-state index contributed by atoms with van der Waals surface area (Å²) in [5.74, 6) is 1.15. The van der Waals surface area contributed by atoms with Crippen molar-refractivity contribution in [1.29, 1.82) is 0 Å². The Morgan fingerprint density at radius 2 is 2.11 bits per heavy atom. The van der Waals surface area contributed by atoms with Crippen LogP contribution in [0.25, 0.3) is 11.6 Å². The average Bonchev–Trinajstić information content (AvgIpc) is 3.38. The van der Waals surface area contributed by atoms with E-state index in [1.54, 1.807) is 0 Å². The van der Waals surface area contributed by atoms with E-state index in [-0.39, 0.29) is 18.4 Å². The minimum atomic E-state index is -0.0280. The minimum Gasteiger partial charge on any atom is -0.349 e. The minimum absolute atomic E-state index is 0.0256. The first-order valence-electron chi connectivity index (χ1n) is 9.29. The topological polar surface area (TPSA) is 110 Å². The van der Waals surface area contributed by atoms with Crippen molar-refractivity contribution in [1.82, 2.24) is 30.6 Å². The predicted molar refractivity (Wildman–Crippen MR) is 99.5 cm³/mol. The highest BCUT2D eigenvalue weighted by Crippen LogP contribution is 2.20. The Labute approximate surface area is 157 Å². The van der Waals surface area contributed by atoms with Gasteiger partial charge in [0.1, 0.15) is 6.33 Å². The maximum atomic E-state index is 12.4. The summed E-state index contributed by atoms with van der Waals surface area (Å²) in [7, 11) is 0. The fourth-order valence-electron chi connectivity index (χ4n) is 2.86. The molecule has 2 heterocycles. The third-order valence-electron chi connectivity index (χ3n) is 4.29. The Balaban J connectivity index is 1.54. The molecule has 1 unspecified atom stereocenters. The standard InChI is InChI=1S/C19H24N6O2/c1-2-3-5-10-15(14-8-6-4-7-9-14)22-16(26)11-12-17-23-19(25-27-17)18-20-13-21-24-18/h4,6-9,13,15H,2-3,5,10-12H2,1H3,(H,22,26)(H,20,21,24). The fraction of sp³-hybridized carbons (Fsp3) is 0.421. The van der Waals surface area contributed by atoms with Crippen LogP contribution < -0.4 is 5.32 Å². The zero-order valence-corrected chi connectivity index (χ0v) is 15.4. The first-order chi connectivity index (χ1) is 13.3. The van der Waals surface area contributed by atoms with E-state index < -0.39 is 0 Å². The number of hydrogen-bond donors (Lipinski definition) is 2. The maximum Gasteiger partial charge on any atom is 0.239 e. The largest absolute Gasteiger partial charge is 0.349 e. The van der Waals surface area contributed by atoms with Crippen molar-refractivity contribution < 1.29 is 9.32 Å². The zero-order chi connectivity index (χ0) is 18.9. The lowest BCUT2D eigenvalue weighted by atomic mass is 10.00. The van der Waals surface area contributed by atoms with E-state index in [9.17, 15) is 4.79 Å². The lowest BCUT2D eigenvalue weighted by Gasteiger charge is -2.19. The van der Waals surface area contributed by atoms with Crippen LogP contribution in [0.5, 0.6) is 0 Å². The average molecular weight is 368 g/mol. The highest BCUT2D eigenvalue weighted by atomic mass is 16.5. The number of benzene rings is 1. The van der Waals surface area contributed by atoms with Gasteiger partial charge in [-0.25, -0.2) is 4.98 Å². The summed E-state index contributed by atoms with van der Waals surface area (Å²) < 4.78 is 5.18. The van der Waals surface area contributed by atoms with Crippen LogP contribution >= 0.6 is 0 Å². The Hall–Kier alpha value is -3.03. The van der Waals surface area contributed by atoms with Gasteiger partial charge in [0.15, 0.2) is 5.82 Å². The van der Waals surface area contributed by atoms with Gasteiger partial charge in [-0.15, -0.1) is 0 Å². The van der Waals surface area contributed by atoms with Gasteiger partial charge in [-0.1, -0.05) is 61.7 Å². The summed E-state index contributed by atoms with van der Waals surface area (Å²) in [4.78, 5) is 20.6. The van der Waals surface area contributed by atoms with Gasteiger partial charge < -0.3 is 9.84 Å². The normalized spacial score (nSPS) is 12.0. The number of nitrogens with zero attached hydrogens (tertiary/aromatic N) is 4. The van der Waals surface area contributed by atoms with Crippen molar-refractivity contribution in [3.05, 3.63) is 48.1 Å². The number of carbonyl (C=O) groups excluding carboxylic acids is 1. The molecule has 0 aliphatic rings. The molecular weight excluding hydrogens is 344 g/mol. The van der Waals surface area contributed by atoms with Gasteiger partial charge in [0.05, 0.1) is 6.04 Å². The van der Waals surface area contributed by atoms with Crippen LogP contribution in [0, 0.1) is 0 Å². The number of carbonyl (C=O) groups is 1. The SMILES string of the molecule is CCCCCC(NC(=O)CCc1nc(-c2ncn[nH]2)no1)c1ccccc1. The van der Waals surface area contributed by atoms with E-state index in [0.717, 1.165) is 31.2 Å². The summed E-state index contributed by atoms with van der Waals surface area (Å²) in [5.41, 5.74) is 1.13. The summed E-state index contributed by atoms with van der Waals surface area (Å²) in [5, 5.41) is 13.4. The number of hydrogen-bond acceptors (Lipinski definition) is 6. The van der Waals surface area contributed by atoms with Gasteiger partial charge in [0.2, 0.25) is 17.6 Å². The lowest BCUT2D eigenvalue weighted by Crippen LogP contribution is -2.28. The van der Waals surface area contributed by atoms with E-state index in [1.807, 2.05) is 18.2 Å². The quantitative estimate of drug-likeness (QED) is 0.532. The van der Waals surface area contributed by atoms with Crippen LogP contribution in [-0.2, 0) is 11.2 Å². The van der Waals surface area contributed by atoms with Crippen LogP contribution in [0.3, 0.4) is 0 Å². The summed E-state index contributed by atoms with van der Waals surface area (Å²) in [6.07, 6.45) is 6.37. The molecule has 2 aromatic heterocycles. The highest BCUT2D eigenvalue weighted by molar-refractivity contribution is 5.76. The van der Waals surface area contributed by atoms with Crippen LogP contribution in [-0.4, -0.2) is 31.2 Å². The van der Waals surface area contributed by atoms with E-state index >= 15 is 0 Å². The Kier molecular flexibility index (Phi) is 6.67. The molecule has 1 atom stereocenters. The van der Waals surface area contributed by atoms with Crippen molar-refractivity contribution >= 4 is 5.91 Å². The molecule has 1 amide bonds. The number of aromatic amines is 1. The summed E-state index contributed by atoms with van der Waals surface area (Å²) >= 11 is 0. The Morgan fingerprint density at radius 3 is 2.85 bits per heavy atom. The van der Waals surface area contributed by atoms with Gasteiger partial charge in [-0.2, -0.15) is 10.1 Å². The molecule has 0 fully saturated rings. The highest BCUT2D eigenvalue weighted by Gasteiger charge is 2.16. The molecule has 0 radical (unpaired) electrons.